The molecule has 0 unspecified atom stereocenters. The summed E-state index contributed by atoms with van der Waals surface area (Å²) in [7, 11) is 0. The van der Waals surface area contributed by atoms with E-state index in [2.05, 4.69) is 73.3 Å². The van der Waals surface area contributed by atoms with Gasteiger partial charge in [-0.15, -0.1) is 0 Å². The molecule has 2 aliphatic carbocycles. The molecule has 16 heteroatoms. The number of aldehydes is 1. The van der Waals surface area contributed by atoms with Gasteiger partial charge in [-0.2, -0.15) is 0 Å². The number of alkyl carbamates (subject to hydrolysis) is 2. The van der Waals surface area contributed by atoms with E-state index in [4.69, 9.17) is 9.47 Å². The number of carbonyl (C=O) groups is 7. The number of ether oxygens (including phenoxy) is 2. The van der Waals surface area contributed by atoms with E-state index in [1.54, 1.807) is 51.3 Å². The summed E-state index contributed by atoms with van der Waals surface area (Å²) in [5.41, 5.74) is -1.39. The van der Waals surface area contributed by atoms with Crippen molar-refractivity contribution in [3.63, 3.8) is 0 Å². The average molecular weight is 981 g/mol. The van der Waals surface area contributed by atoms with Gasteiger partial charge in [0.15, 0.2) is 0 Å². The summed E-state index contributed by atoms with van der Waals surface area (Å²) in [6.07, 6.45) is 21.4. The molecule has 2 saturated heterocycles. The van der Waals surface area contributed by atoms with Crippen molar-refractivity contribution in [1.82, 2.24) is 31.1 Å². The lowest BCUT2D eigenvalue weighted by atomic mass is 9.98. The molecule has 394 valence electrons. The zero-order valence-electron chi connectivity index (χ0n) is 44.1. The van der Waals surface area contributed by atoms with Crippen LogP contribution in [0.5, 0.6) is 0 Å². The molecule has 0 aromatic rings. The van der Waals surface area contributed by atoms with Gasteiger partial charge < -0.3 is 50.4 Å². The highest BCUT2D eigenvalue weighted by molar-refractivity contribution is 5.94. The lowest BCUT2D eigenvalue weighted by Gasteiger charge is -2.34. The number of hydrogen-bond acceptors (Lipinski definition) is 10. The fraction of sp³-hybridized carbons (Fsp3) is 0.796. The lowest BCUT2D eigenvalue weighted by molar-refractivity contribution is -0.142. The third-order valence-corrected chi connectivity index (χ3v) is 15.4. The smallest absolute Gasteiger partial charge is 0.408 e. The molecule has 2 saturated carbocycles. The van der Waals surface area contributed by atoms with Gasteiger partial charge in [-0.05, 0) is 153 Å². The van der Waals surface area contributed by atoms with Crippen LogP contribution >= 0.6 is 0 Å². The second-order valence-corrected chi connectivity index (χ2v) is 23.9. The number of amides is 6. The molecule has 5 N–H and O–H groups in total. The number of aliphatic hydroxyl groups excluding tert-OH is 1. The molecule has 6 amide bonds. The SMILES string of the molecule is CC(C)(C)OC(=O)N[C@H]1CCCCC=CCCCC[C@@H](C=O)NC(=O)[C@@H]2[C@@H]3[C@H](CN2C1=O)C3(C)C.CC(C)(C)OC(=O)N[C@H]1CCCCC=CCCCC[C@@H](CO)NC(=O)[C@@H]2[C@@H]3[C@H](CN2C1=O)C3(C)C. The minimum atomic E-state index is -0.762. The molecular weight excluding hydrogens is 893 g/mol. The first-order valence-corrected chi connectivity index (χ1v) is 26.5. The van der Waals surface area contributed by atoms with Crippen LogP contribution in [0.4, 0.5) is 9.59 Å². The number of piperidine rings is 2. The Kier molecular flexibility index (Phi) is 19.6. The Morgan fingerprint density at radius 1 is 0.629 bits per heavy atom. The van der Waals surface area contributed by atoms with Crippen molar-refractivity contribution in [3.05, 3.63) is 24.3 Å². The fourth-order valence-corrected chi connectivity index (χ4v) is 11.4. The quantitative estimate of drug-likeness (QED) is 0.140. The summed E-state index contributed by atoms with van der Waals surface area (Å²) in [5, 5.41) is 21.4. The lowest BCUT2D eigenvalue weighted by Crippen LogP contribution is -2.57. The summed E-state index contributed by atoms with van der Waals surface area (Å²) >= 11 is 0. The summed E-state index contributed by atoms with van der Waals surface area (Å²) in [5.74, 6) is -0.320. The van der Waals surface area contributed by atoms with Crippen LogP contribution in [0.25, 0.3) is 0 Å². The monoisotopic (exact) mass is 981 g/mol. The van der Waals surface area contributed by atoms with Crippen LogP contribution in [0.15, 0.2) is 24.3 Å². The van der Waals surface area contributed by atoms with Gasteiger partial charge in [-0.3, -0.25) is 19.2 Å². The first kappa shape index (κ1) is 56.4. The van der Waals surface area contributed by atoms with Gasteiger partial charge in [0.25, 0.3) is 0 Å². The molecule has 10 atom stereocenters. The molecule has 70 heavy (non-hydrogen) atoms. The van der Waals surface area contributed by atoms with Crippen molar-refractivity contribution < 1.29 is 48.1 Å². The van der Waals surface area contributed by atoms with Crippen LogP contribution in [0.3, 0.4) is 0 Å². The molecule has 4 aliphatic heterocycles. The summed E-state index contributed by atoms with van der Waals surface area (Å²) < 4.78 is 10.8. The van der Waals surface area contributed by atoms with Crippen LogP contribution < -0.4 is 21.3 Å². The molecule has 4 fully saturated rings. The second kappa shape index (κ2) is 24.3. The van der Waals surface area contributed by atoms with Crippen molar-refractivity contribution in [2.24, 2.45) is 34.5 Å². The minimum Gasteiger partial charge on any atom is -0.444 e. The first-order chi connectivity index (χ1) is 32.9. The van der Waals surface area contributed by atoms with Crippen molar-refractivity contribution in [2.75, 3.05) is 19.7 Å². The molecule has 6 rings (SSSR count). The molecule has 16 nitrogen and oxygen atoms in total. The van der Waals surface area contributed by atoms with Crippen LogP contribution in [0.1, 0.15) is 172 Å². The highest BCUT2D eigenvalue weighted by atomic mass is 16.6. The van der Waals surface area contributed by atoms with Crippen molar-refractivity contribution in [3.8, 4) is 0 Å². The normalized spacial score (nSPS) is 32.1. The average Bonchev–Trinajstić information content (AvgIpc) is 3.72. The molecule has 0 aromatic carbocycles. The number of allylic oxidation sites excluding steroid dienone is 4. The highest BCUT2D eigenvalue weighted by Gasteiger charge is 2.70. The molecule has 0 aromatic heterocycles. The number of hydrogen-bond donors (Lipinski definition) is 5. The Morgan fingerprint density at radius 2 is 1.00 bits per heavy atom. The largest absolute Gasteiger partial charge is 0.444 e. The summed E-state index contributed by atoms with van der Waals surface area (Å²) in [6.45, 7) is 20.1. The second-order valence-electron chi connectivity index (χ2n) is 23.9. The zero-order chi connectivity index (χ0) is 51.6. The van der Waals surface area contributed by atoms with Gasteiger partial charge in [0.1, 0.15) is 41.7 Å². The van der Waals surface area contributed by atoms with Gasteiger partial charge in [0.05, 0.1) is 18.7 Å². The van der Waals surface area contributed by atoms with Gasteiger partial charge in [0.2, 0.25) is 23.6 Å². The molecule has 0 bridgehead atoms. The third-order valence-electron chi connectivity index (χ3n) is 15.4. The molecule has 0 radical (unpaired) electrons. The van der Waals surface area contributed by atoms with E-state index in [1.165, 1.54) is 0 Å². The van der Waals surface area contributed by atoms with Crippen molar-refractivity contribution in [2.45, 2.75) is 219 Å². The first-order valence-electron chi connectivity index (χ1n) is 26.5. The Balaban J connectivity index is 0.000000261. The number of fused-ring (bicyclic) bond motifs is 6. The Morgan fingerprint density at radius 3 is 1.37 bits per heavy atom. The molecule has 4 heterocycles. The van der Waals surface area contributed by atoms with Crippen LogP contribution in [-0.4, -0.2) is 124 Å². The summed E-state index contributed by atoms with van der Waals surface area (Å²) in [4.78, 5) is 94.5. The Labute approximate surface area is 418 Å². The highest BCUT2D eigenvalue weighted by Crippen LogP contribution is 2.66. The van der Waals surface area contributed by atoms with E-state index in [-0.39, 0.29) is 70.8 Å². The van der Waals surface area contributed by atoms with Gasteiger partial charge in [-0.25, -0.2) is 9.59 Å². The predicted molar refractivity (Wildman–Crippen MR) is 268 cm³/mol. The topological polar surface area (TPSA) is 213 Å². The number of nitrogens with one attached hydrogen (secondary N) is 4. The standard InChI is InChI=1S/C27H45N3O5.C27H43N3O5/c2*1-26(2,3)35-25(34)29-20-15-13-11-9-7-6-8-10-12-14-18(17-31)28-23(32)22-21-19(27(21,4)5)16-30(22)24(20)33/h6-7,18-22,31H,8-17H2,1-5H3,(H,28,32)(H,29,34);6-7,17-22H,8-16H2,1-5H3,(H,28,32)(H,29,34)/t2*18-,19-,20-,21-,22-/m00/s1. The maximum absolute atomic E-state index is 13.8. The van der Waals surface area contributed by atoms with E-state index in [1.807, 2.05) is 0 Å². The van der Waals surface area contributed by atoms with E-state index >= 15 is 0 Å². The van der Waals surface area contributed by atoms with Gasteiger partial charge in [-0.1, -0.05) is 77.7 Å². The van der Waals surface area contributed by atoms with Crippen LogP contribution in [0.2, 0.25) is 0 Å². The Bertz CT molecular complexity index is 1900. The Hall–Kier alpha value is -4.47. The number of carbonyl (C=O) groups excluding carboxylic acids is 7. The minimum absolute atomic E-state index is 0.00793. The number of nitrogens with zero attached hydrogens (tertiary/aromatic N) is 2. The molecule has 0 spiro atoms. The maximum Gasteiger partial charge on any atom is 0.408 e. The van der Waals surface area contributed by atoms with Crippen LogP contribution in [-0.2, 0) is 33.4 Å². The van der Waals surface area contributed by atoms with Crippen molar-refractivity contribution >= 4 is 42.1 Å². The van der Waals surface area contributed by atoms with Gasteiger partial charge >= 0.3 is 12.2 Å². The summed E-state index contributed by atoms with van der Waals surface area (Å²) in [6, 6.07) is -3.61. The van der Waals surface area contributed by atoms with Gasteiger partial charge in [0, 0.05) is 13.1 Å². The third kappa shape index (κ3) is 15.3. The van der Waals surface area contributed by atoms with Crippen LogP contribution in [0, 0.1) is 34.5 Å². The van der Waals surface area contributed by atoms with E-state index in [0.29, 0.717) is 38.8 Å². The number of aliphatic hydroxyl groups is 1. The fourth-order valence-electron chi connectivity index (χ4n) is 11.4. The zero-order valence-corrected chi connectivity index (χ0v) is 44.1. The number of rotatable bonds is 4. The molecule has 6 aliphatic rings. The van der Waals surface area contributed by atoms with E-state index in [0.717, 1.165) is 83.3 Å². The van der Waals surface area contributed by atoms with E-state index in [9.17, 15) is 38.7 Å². The maximum atomic E-state index is 13.8. The predicted octanol–water partition coefficient (Wildman–Crippen LogP) is 7.27. The molecular formula is C54H88N6O10. The van der Waals surface area contributed by atoms with E-state index < -0.39 is 53.6 Å². The van der Waals surface area contributed by atoms with Crippen molar-refractivity contribution in [1.29, 1.82) is 0 Å².